The lowest BCUT2D eigenvalue weighted by Gasteiger charge is -2.25. The molecule has 0 bridgehead atoms. The summed E-state index contributed by atoms with van der Waals surface area (Å²) >= 11 is 0. The van der Waals surface area contributed by atoms with Crippen molar-refractivity contribution in [2.45, 2.75) is 26.8 Å². The number of rotatable bonds is 6. The molecule has 1 amide bonds. The fourth-order valence-electron chi connectivity index (χ4n) is 4.37. The number of carbonyl (C=O) groups excluding carboxylic acids is 1. The van der Waals surface area contributed by atoms with Gasteiger partial charge in [-0.15, -0.1) is 0 Å². The summed E-state index contributed by atoms with van der Waals surface area (Å²) in [6, 6.07) is 17.1. The van der Waals surface area contributed by atoms with Crippen molar-refractivity contribution in [3.8, 4) is 11.5 Å². The van der Waals surface area contributed by atoms with Crippen molar-refractivity contribution >= 4 is 22.7 Å². The smallest absolute Gasteiger partial charge is 0.296 e. The van der Waals surface area contributed by atoms with E-state index in [1.54, 1.807) is 36.4 Å². The molecule has 0 saturated heterocycles. The van der Waals surface area contributed by atoms with Gasteiger partial charge in [0.15, 0.2) is 16.9 Å². The lowest BCUT2D eigenvalue weighted by molar-refractivity contribution is 0.0970. The van der Waals surface area contributed by atoms with Gasteiger partial charge in [-0.3, -0.25) is 14.5 Å². The van der Waals surface area contributed by atoms with Crippen LogP contribution in [-0.2, 0) is 0 Å². The monoisotopic (exact) mass is 456 g/mol. The normalized spacial score (nSPS) is 15.0. The summed E-state index contributed by atoms with van der Waals surface area (Å²) < 4.78 is 17.5. The lowest BCUT2D eigenvalue weighted by atomic mass is 9.98. The number of para-hydroxylation sites is 1. The molecule has 2 aromatic carbocycles. The lowest BCUT2D eigenvalue weighted by Crippen LogP contribution is -2.30. The number of hydrogen-bond acceptors (Lipinski definition) is 6. The van der Waals surface area contributed by atoms with Crippen LogP contribution in [-0.4, -0.2) is 24.1 Å². The van der Waals surface area contributed by atoms with Gasteiger partial charge in [-0.05, 0) is 62.7 Å². The largest absolute Gasteiger partial charge is 0.490 e. The fourth-order valence-corrected chi connectivity index (χ4v) is 4.37. The van der Waals surface area contributed by atoms with Crippen molar-refractivity contribution in [1.82, 2.24) is 4.98 Å². The minimum atomic E-state index is -0.729. The Balaban J connectivity index is 1.78. The summed E-state index contributed by atoms with van der Waals surface area (Å²) in [7, 11) is 0. The summed E-state index contributed by atoms with van der Waals surface area (Å²) in [5.74, 6) is 1.21. The molecule has 0 radical (unpaired) electrons. The molecule has 0 fully saturated rings. The van der Waals surface area contributed by atoms with Crippen LogP contribution in [0.25, 0.3) is 11.0 Å². The van der Waals surface area contributed by atoms with Gasteiger partial charge in [0.2, 0.25) is 5.76 Å². The zero-order chi connectivity index (χ0) is 23.8. The predicted octanol–water partition coefficient (Wildman–Crippen LogP) is 5.04. The van der Waals surface area contributed by atoms with Gasteiger partial charge in [0, 0.05) is 5.69 Å². The molecule has 1 aliphatic heterocycles. The van der Waals surface area contributed by atoms with Crippen molar-refractivity contribution in [3.63, 3.8) is 0 Å². The highest BCUT2D eigenvalue weighted by molar-refractivity contribution is 6.10. The Kier molecular flexibility index (Phi) is 5.53. The summed E-state index contributed by atoms with van der Waals surface area (Å²) in [6.45, 7) is 6.57. The fraction of sp³-hybridized carbons (Fsp3) is 0.222. The van der Waals surface area contributed by atoms with Gasteiger partial charge in [0.1, 0.15) is 11.4 Å². The van der Waals surface area contributed by atoms with Crippen LogP contribution < -0.4 is 19.8 Å². The molecule has 4 aromatic rings. The molecule has 5 rings (SSSR count). The molecule has 1 atom stereocenters. The standard InChI is InChI=1S/C27H24N2O5/c1-4-32-20-14-13-17(15-21(20)33-5-2)24-23-25(30)18-10-6-7-11-19(18)34-26(23)27(31)29(24)22-12-8-9-16(3)28-22/h6-15,24H,4-5H2,1-3H3. The number of anilines is 1. The van der Waals surface area contributed by atoms with Gasteiger partial charge in [0.25, 0.3) is 5.91 Å². The topological polar surface area (TPSA) is 81.9 Å². The first-order chi connectivity index (χ1) is 16.5. The average molecular weight is 456 g/mol. The maximum atomic E-state index is 13.7. The third kappa shape index (κ3) is 3.50. The van der Waals surface area contributed by atoms with Gasteiger partial charge in [-0.25, -0.2) is 4.98 Å². The summed E-state index contributed by atoms with van der Waals surface area (Å²) in [6.07, 6.45) is 0. The molecule has 0 saturated carbocycles. The number of hydrogen-bond donors (Lipinski definition) is 0. The van der Waals surface area contributed by atoms with Crippen molar-refractivity contribution < 1.29 is 18.7 Å². The Morgan fingerprint density at radius 1 is 0.941 bits per heavy atom. The molecule has 172 valence electrons. The Morgan fingerprint density at radius 2 is 1.71 bits per heavy atom. The minimum Gasteiger partial charge on any atom is -0.490 e. The zero-order valence-electron chi connectivity index (χ0n) is 19.2. The average Bonchev–Trinajstić information content (AvgIpc) is 3.13. The third-order valence-corrected chi connectivity index (χ3v) is 5.78. The van der Waals surface area contributed by atoms with Gasteiger partial charge in [0.05, 0.1) is 30.2 Å². The van der Waals surface area contributed by atoms with E-state index < -0.39 is 11.9 Å². The number of benzene rings is 2. The van der Waals surface area contributed by atoms with Crippen LogP contribution in [0.4, 0.5) is 5.82 Å². The van der Waals surface area contributed by atoms with Crippen LogP contribution in [0.5, 0.6) is 11.5 Å². The Hall–Kier alpha value is -4.13. The van der Waals surface area contributed by atoms with Crippen molar-refractivity contribution in [1.29, 1.82) is 0 Å². The van der Waals surface area contributed by atoms with E-state index in [1.165, 1.54) is 4.90 Å². The molecule has 0 N–H and O–H groups in total. The highest BCUT2D eigenvalue weighted by Gasteiger charge is 2.44. The van der Waals surface area contributed by atoms with Crippen molar-refractivity contribution in [2.24, 2.45) is 0 Å². The highest BCUT2D eigenvalue weighted by atomic mass is 16.5. The maximum Gasteiger partial charge on any atom is 0.296 e. The van der Waals surface area contributed by atoms with Crippen LogP contribution >= 0.6 is 0 Å². The highest BCUT2D eigenvalue weighted by Crippen LogP contribution is 2.42. The second-order valence-corrected chi connectivity index (χ2v) is 7.96. The van der Waals surface area contributed by atoms with Gasteiger partial charge in [-0.1, -0.05) is 24.3 Å². The summed E-state index contributed by atoms with van der Waals surface area (Å²) in [5.41, 5.74) is 1.88. The second kappa shape index (κ2) is 8.67. The number of carbonyl (C=O) groups is 1. The van der Waals surface area contributed by atoms with Gasteiger partial charge >= 0.3 is 0 Å². The Labute approximate surface area is 196 Å². The number of fused-ring (bicyclic) bond motifs is 2. The SMILES string of the molecule is CCOc1ccc(C2c3c(oc4ccccc4c3=O)C(=O)N2c2cccc(C)n2)cc1OCC. The van der Waals surface area contributed by atoms with Gasteiger partial charge < -0.3 is 13.9 Å². The first-order valence-electron chi connectivity index (χ1n) is 11.3. The molecule has 1 unspecified atom stereocenters. The summed E-state index contributed by atoms with van der Waals surface area (Å²) in [5, 5.41) is 0.425. The third-order valence-electron chi connectivity index (χ3n) is 5.78. The van der Waals surface area contributed by atoms with Crippen molar-refractivity contribution in [2.75, 3.05) is 18.1 Å². The molecule has 7 heteroatoms. The molecule has 34 heavy (non-hydrogen) atoms. The second-order valence-electron chi connectivity index (χ2n) is 7.96. The summed E-state index contributed by atoms with van der Waals surface area (Å²) in [4.78, 5) is 33.4. The van der Waals surface area contributed by atoms with Crippen LogP contribution in [0, 0.1) is 6.92 Å². The van der Waals surface area contributed by atoms with Crippen LogP contribution in [0.3, 0.4) is 0 Å². The van der Waals surface area contributed by atoms with Crippen LogP contribution in [0.15, 0.2) is 69.9 Å². The Morgan fingerprint density at radius 3 is 2.47 bits per heavy atom. The van der Waals surface area contributed by atoms with E-state index >= 15 is 0 Å². The molecular formula is C27H24N2O5. The molecule has 0 spiro atoms. The van der Waals surface area contributed by atoms with Crippen LogP contribution in [0.2, 0.25) is 0 Å². The first-order valence-corrected chi connectivity index (χ1v) is 11.3. The molecule has 7 nitrogen and oxygen atoms in total. The first kappa shape index (κ1) is 21.7. The maximum absolute atomic E-state index is 13.7. The van der Waals surface area contributed by atoms with Crippen LogP contribution in [0.1, 0.15) is 47.3 Å². The van der Waals surface area contributed by atoms with E-state index in [2.05, 4.69) is 4.98 Å². The van der Waals surface area contributed by atoms with E-state index in [9.17, 15) is 9.59 Å². The number of aryl methyl sites for hydroxylation is 1. The molecular weight excluding hydrogens is 432 g/mol. The van der Waals surface area contributed by atoms with E-state index in [0.717, 1.165) is 5.69 Å². The van der Waals surface area contributed by atoms with Gasteiger partial charge in [-0.2, -0.15) is 0 Å². The number of pyridine rings is 1. The number of aromatic nitrogens is 1. The van der Waals surface area contributed by atoms with E-state index in [-0.39, 0.29) is 11.2 Å². The van der Waals surface area contributed by atoms with E-state index in [4.69, 9.17) is 13.9 Å². The molecule has 0 aliphatic carbocycles. The molecule has 3 heterocycles. The quantitative estimate of drug-likeness (QED) is 0.404. The number of ether oxygens (including phenoxy) is 2. The zero-order valence-corrected chi connectivity index (χ0v) is 19.2. The minimum absolute atomic E-state index is 0.0313. The number of nitrogens with zero attached hydrogens (tertiary/aromatic N) is 2. The number of amides is 1. The van der Waals surface area contributed by atoms with Crippen molar-refractivity contribution in [3.05, 3.63) is 93.5 Å². The van der Waals surface area contributed by atoms with E-state index in [0.29, 0.717) is 52.6 Å². The molecule has 1 aliphatic rings. The Bertz CT molecular complexity index is 1460. The molecule has 2 aromatic heterocycles. The predicted molar refractivity (Wildman–Crippen MR) is 129 cm³/mol. The van der Waals surface area contributed by atoms with E-state index in [1.807, 2.05) is 45.0 Å².